The standard InChI is InChI=1S/C21H27N5O5/c1-11(2)9-15(25-20(29)17-23-13-5-3-4-6-14(13)24-17)19(28)26-16(21(30)31)10-12-7-8-22-18(12)27/h3-6,11-12,15-16H,7-10H2,1-2H3,(H,22,27)(H,23,24)(H,25,29)(H,26,28)(H,30,31)/t12-,15-,16-/m0/s1. The Bertz CT molecular complexity index is 952. The van der Waals surface area contributed by atoms with Gasteiger partial charge in [0.1, 0.15) is 12.1 Å². The van der Waals surface area contributed by atoms with Crippen LogP contribution < -0.4 is 16.0 Å². The lowest BCUT2D eigenvalue weighted by Crippen LogP contribution is -2.52. The Hall–Kier alpha value is -3.43. The van der Waals surface area contributed by atoms with E-state index in [9.17, 15) is 24.3 Å². The van der Waals surface area contributed by atoms with E-state index in [-0.39, 0.29) is 24.1 Å². The SMILES string of the molecule is CC(C)C[C@H](NC(=O)c1nc2ccccc2[nH]1)C(=O)N[C@@H](C[C@@H]1CCNC1=O)C(=O)O. The molecule has 10 nitrogen and oxygen atoms in total. The molecule has 5 N–H and O–H groups in total. The number of carboxylic acid groups (broad SMARTS) is 1. The number of carbonyl (C=O) groups is 4. The van der Waals surface area contributed by atoms with Gasteiger partial charge in [0.25, 0.3) is 5.91 Å². The molecular weight excluding hydrogens is 402 g/mol. The highest BCUT2D eigenvalue weighted by molar-refractivity contribution is 5.97. The van der Waals surface area contributed by atoms with Gasteiger partial charge in [0.05, 0.1) is 11.0 Å². The molecule has 2 heterocycles. The Morgan fingerprint density at radius 3 is 2.55 bits per heavy atom. The van der Waals surface area contributed by atoms with E-state index in [4.69, 9.17) is 0 Å². The van der Waals surface area contributed by atoms with Crippen LogP contribution >= 0.6 is 0 Å². The molecule has 0 radical (unpaired) electrons. The van der Waals surface area contributed by atoms with Crippen LogP contribution in [0.5, 0.6) is 0 Å². The van der Waals surface area contributed by atoms with Gasteiger partial charge >= 0.3 is 5.97 Å². The molecule has 1 saturated heterocycles. The summed E-state index contributed by atoms with van der Waals surface area (Å²) in [6.07, 6.45) is 0.837. The number of hydrogen-bond acceptors (Lipinski definition) is 5. The van der Waals surface area contributed by atoms with Crippen molar-refractivity contribution in [1.29, 1.82) is 0 Å². The lowest BCUT2D eigenvalue weighted by Gasteiger charge is -2.23. The van der Waals surface area contributed by atoms with Crippen molar-refractivity contribution < 1.29 is 24.3 Å². The molecule has 0 unspecified atom stereocenters. The Balaban J connectivity index is 1.70. The monoisotopic (exact) mass is 429 g/mol. The summed E-state index contributed by atoms with van der Waals surface area (Å²) >= 11 is 0. The van der Waals surface area contributed by atoms with Crippen molar-refractivity contribution in [3.63, 3.8) is 0 Å². The number of aromatic amines is 1. The summed E-state index contributed by atoms with van der Waals surface area (Å²) in [6, 6.07) is 5.00. The van der Waals surface area contributed by atoms with E-state index in [1.807, 2.05) is 19.9 Å². The van der Waals surface area contributed by atoms with Gasteiger partial charge in [-0.1, -0.05) is 26.0 Å². The van der Waals surface area contributed by atoms with Crippen molar-refractivity contribution in [2.24, 2.45) is 11.8 Å². The predicted molar refractivity (Wildman–Crippen MR) is 112 cm³/mol. The molecule has 31 heavy (non-hydrogen) atoms. The van der Waals surface area contributed by atoms with Gasteiger partial charge in [-0.2, -0.15) is 0 Å². The second-order valence-corrected chi connectivity index (χ2v) is 8.17. The molecule has 0 saturated carbocycles. The number of nitrogens with zero attached hydrogens (tertiary/aromatic N) is 1. The molecule has 1 aromatic heterocycles. The number of aliphatic carboxylic acids is 1. The van der Waals surface area contributed by atoms with Gasteiger partial charge in [0, 0.05) is 12.5 Å². The topological polar surface area (TPSA) is 153 Å². The summed E-state index contributed by atoms with van der Waals surface area (Å²) in [7, 11) is 0. The summed E-state index contributed by atoms with van der Waals surface area (Å²) in [5.41, 5.74) is 1.32. The summed E-state index contributed by atoms with van der Waals surface area (Å²) in [4.78, 5) is 56.2. The van der Waals surface area contributed by atoms with E-state index in [1.165, 1.54) is 0 Å². The number of aromatic nitrogens is 2. The van der Waals surface area contributed by atoms with E-state index in [0.29, 0.717) is 30.4 Å². The first-order valence-corrected chi connectivity index (χ1v) is 10.3. The first-order valence-electron chi connectivity index (χ1n) is 10.3. The highest BCUT2D eigenvalue weighted by Crippen LogP contribution is 2.17. The third-order valence-electron chi connectivity index (χ3n) is 5.23. The quantitative estimate of drug-likeness (QED) is 0.397. The van der Waals surface area contributed by atoms with Crippen molar-refractivity contribution >= 4 is 34.7 Å². The first kappa shape index (κ1) is 22.3. The minimum Gasteiger partial charge on any atom is -0.480 e. The van der Waals surface area contributed by atoms with Gasteiger partial charge < -0.3 is 26.0 Å². The number of benzene rings is 1. The van der Waals surface area contributed by atoms with Crippen LogP contribution in [0.3, 0.4) is 0 Å². The van der Waals surface area contributed by atoms with Gasteiger partial charge in [-0.15, -0.1) is 0 Å². The lowest BCUT2D eigenvalue weighted by molar-refractivity contribution is -0.142. The van der Waals surface area contributed by atoms with Crippen molar-refractivity contribution in [2.75, 3.05) is 6.54 Å². The molecule has 1 aliphatic heterocycles. The van der Waals surface area contributed by atoms with Crippen LogP contribution in [0.2, 0.25) is 0 Å². The molecule has 3 amide bonds. The van der Waals surface area contributed by atoms with E-state index in [1.54, 1.807) is 18.2 Å². The summed E-state index contributed by atoms with van der Waals surface area (Å²) in [5, 5.41) is 17.3. The molecule has 10 heteroatoms. The van der Waals surface area contributed by atoms with E-state index in [0.717, 1.165) is 0 Å². The average Bonchev–Trinajstić information content (AvgIpc) is 3.32. The molecule has 0 aliphatic carbocycles. The number of amides is 3. The fraction of sp³-hybridized carbons (Fsp3) is 0.476. The second kappa shape index (κ2) is 9.59. The summed E-state index contributed by atoms with van der Waals surface area (Å²) in [5.74, 6) is -2.92. The van der Waals surface area contributed by atoms with Gasteiger partial charge in [-0.25, -0.2) is 9.78 Å². The van der Waals surface area contributed by atoms with Crippen LogP contribution in [0.25, 0.3) is 11.0 Å². The van der Waals surface area contributed by atoms with Crippen molar-refractivity contribution in [3.8, 4) is 0 Å². The fourth-order valence-corrected chi connectivity index (χ4v) is 3.64. The van der Waals surface area contributed by atoms with Crippen LogP contribution in [0.4, 0.5) is 0 Å². The number of para-hydroxylation sites is 2. The van der Waals surface area contributed by atoms with Crippen molar-refractivity contribution in [1.82, 2.24) is 25.9 Å². The molecule has 3 rings (SSSR count). The van der Waals surface area contributed by atoms with E-state index < -0.39 is 35.8 Å². The highest BCUT2D eigenvalue weighted by Gasteiger charge is 2.33. The Kier molecular flexibility index (Phi) is 6.88. The maximum absolute atomic E-state index is 12.9. The molecule has 1 aliphatic rings. The number of fused-ring (bicyclic) bond motifs is 1. The minimum atomic E-state index is -1.22. The number of H-pyrrole nitrogens is 1. The molecular formula is C21H27N5O5. The maximum Gasteiger partial charge on any atom is 0.326 e. The van der Waals surface area contributed by atoms with Crippen molar-refractivity contribution in [3.05, 3.63) is 30.1 Å². The van der Waals surface area contributed by atoms with Gasteiger partial charge in [-0.3, -0.25) is 14.4 Å². The Morgan fingerprint density at radius 1 is 1.19 bits per heavy atom. The van der Waals surface area contributed by atoms with Gasteiger partial charge in [0.15, 0.2) is 5.82 Å². The largest absolute Gasteiger partial charge is 0.480 e. The first-order chi connectivity index (χ1) is 14.7. The zero-order valence-electron chi connectivity index (χ0n) is 17.5. The molecule has 0 bridgehead atoms. The molecule has 1 aromatic carbocycles. The van der Waals surface area contributed by atoms with Crippen LogP contribution in [0.1, 0.15) is 43.7 Å². The predicted octanol–water partition coefficient (Wildman–Crippen LogP) is 0.803. The zero-order chi connectivity index (χ0) is 22.5. The third-order valence-corrected chi connectivity index (χ3v) is 5.23. The average molecular weight is 429 g/mol. The fourth-order valence-electron chi connectivity index (χ4n) is 3.64. The molecule has 2 aromatic rings. The number of carbonyl (C=O) groups excluding carboxylic acids is 3. The van der Waals surface area contributed by atoms with Crippen molar-refractivity contribution in [2.45, 2.75) is 45.2 Å². The van der Waals surface area contributed by atoms with Crippen LogP contribution in [-0.2, 0) is 14.4 Å². The van der Waals surface area contributed by atoms with Gasteiger partial charge in [0.2, 0.25) is 11.8 Å². The maximum atomic E-state index is 12.9. The summed E-state index contributed by atoms with van der Waals surface area (Å²) < 4.78 is 0. The van der Waals surface area contributed by atoms with Gasteiger partial charge in [-0.05, 0) is 37.3 Å². The van der Waals surface area contributed by atoms with Crippen LogP contribution in [-0.4, -0.2) is 57.4 Å². The molecule has 166 valence electrons. The number of imidazole rings is 1. The van der Waals surface area contributed by atoms with Crippen LogP contribution in [0.15, 0.2) is 24.3 Å². The highest BCUT2D eigenvalue weighted by atomic mass is 16.4. The number of nitrogens with one attached hydrogen (secondary N) is 4. The van der Waals surface area contributed by atoms with E-state index >= 15 is 0 Å². The van der Waals surface area contributed by atoms with E-state index in [2.05, 4.69) is 25.9 Å². The summed E-state index contributed by atoms with van der Waals surface area (Å²) in [6.45, 7) is 4.28. The second-order valence-electron chi connectivity index (χ2n) is 8.17. The van der Waals surface area contributed by atoms with Crippen LogP contribution in [0, 0.1) is 11.8 Å². The minimum absolute atomic E-state index is 0.00117. The number of hydrogen-bond donors (Lipinski definition) is 5. The molecule has 3 atom stereocenters. The Morgan fingerprint density at radius 2 is 1.94 bits per heavy atom. The smallest absolute Gasteiger partial charge is 0.326 e. The number of rotatable bonds is 9. The Labute approximate surface area is 179 Å². The third kappa shape index (κ3) is 5.59. The molecule has 0 spiro atoms. The lowest BCUT2D eigenvalue weighted by atomic mass is 9.97. The zero-order valence-corrected chi connectivity index (χ0v) is 17.5. The molecule has 1 fully saturated rings. The normalized spacial score (nSPS) is 17.9. The number of carboxylic acids is 1.